The fourth-order valence-electron chi connectivity index (χ4n) is 4.78. The summed E-state index contributed by atoms with van der Waals surface area (Å²) in [5.74, 6) is 1.12. The van der Waals surface area contributed by atoms with E-state index in [1.54, 1.807) is 6.20 Å². The zero-order valence-electron chi connectivity index (χ0n) is 17.9. The van der Waals surface area contributed by atoms with Gasteiger partial charge in [0.1, 0.15) is 11.5 Å². The van der Waals surface area contributed by atoms with Crippen LogP contribution in [0.5, 0.6) is 0 Å². The molecule has 8 heteroatoms. The molecule has 1 saturated carbocycles. The fourth-order valence-corrected chi connectivity index (χ4v) is 4.78. The molecule has 0 aromatic carbocycles. The largest absolute Gasteiger partial charge is 0.369 e. The summed E-state index contributed by atoms with van der Waals surface area (Å²) in [6.07, 6.45) is 9.73. The quantitative estimate of drug-likeness (QED) is 0.655. The maximum atomic E-state index is 13.1. The van der Waals surface area contributed by atoms with E-state index in [0.717, 1.165) is 61.8 Å². The summed E-state index contributed by atoms with van der Waals surface area (Å²) in [6.45, 7) is 3.84. The highest BCUT2D eigenvalue weighted by Gasteiger charge is 2.23. The molecule has 2 aliphatic rings. The van der Waals surface area contributed by atoms with Gasteiger partial charge >= 0.3 is 0 Å². The molecular weight excluding hydrogens is 390 g/mol. The van der Waals surface area contributed by atoms with Gasteiger partial charge in [-0.05, 0) is 43.9 Å². The second-order valence-electron chi connectivity index (χ2n) is 8.63. The molecule has 2 fully saturated rings. The van der Waals surface area contributed by atoms with Gasteiger partial charge in [0.15, 0.2) is 0 Å². The summed E-state index contributed by atoms with van der Waals surface area (Å²) < 4.78 is 1.90. The van der Waals surface area contributed by atoms with E-state index >= 15 is 0 Å². The standard InChI is InChI=1S/C23H29N7O/c1-2-15-11-16-12-26-23(28-21(16)30(22(15)31)18-5-3-4-6-18)27-20-8-7-19(13-25-20)29-10-9-17(24)14-29/h7-8,11-13,17-18H,2-6,9-10,14,24H2,1H3,(H,25,26,27,28). The van der Waals surface area contributed by atoms with Crippen LogP contribution >= 0.6 is 0 Å². The van der Waals surface area contributed by atoms with Gasteiger partial charge in [-0.1, -0.05) is 19.8 Å². The van der Waals surface area contributed by atoms with Crippen LogP contribution in [-0.4, -0.2) is 38.7 Å². The van der Waals surface area contributed by atoms with E-state index in [1.807, 2.05) is 35.9 Å². The molecule has 3 N–H and O–H groups in total. The van der Waals surface area contributed by atoms with E-state index in [2.05, 4.69) is 20.2 Å². The lowest BCUT2D eigenvalue weighted by Crippen LogP contribution is -2.27. The molecule has 0 bridgehead atoms. The number of aromatic nitrogens is 4. The molecule has 1 aliphatic heterocycles. The highest BCUT2D eigenvalue weighted by atomic mass is 16.1. The molecule has 0 radical (unpaired) electrons. The first-order valence-corrected chi connectivity index (χ1v) is 11.3. The Balaban J connectivity index is 1.45. The number of aryl methyl sites for hydroxylation is 1. The number of hydrogen-bond donors (Lipinski definition) is 2. The van der Waals surface area contributed by atoms with Gasteiger partial charge in [-0.3, -0.25) is 9.36 Å². The van der Waals surface area contributed by atoms with Crippen molar-refractivity contribution >= 4 is 28.5 Å². The number of hydrogen-bond acceptors (Lipinski definition) is 7. The number of anilines is 3. The van der Waals surface area contributed by atoms with E-state index in [0.29, 0.717) is 23.8 Å². The molecule has 0 amide bonds. The van der Waals surface area contributed by atoms with Crippen molar-refractivity contribution in [1.82, 2.24) is 19.5 Å². The topological polar surface area (TPSA) is 102 Å². The fraction of sp³-hybridized carbons (Fsp3) is 0.478. The molecule has 0 spiro atoms. The molecule has 31 heavy (non-hydrogen) atoms. The summed E-state index contributed by atoms with van der Waals surface area (Å²) >= 11 is 0. The van der Waals surface area contributed by atoms with Crippen LogP contribution in [0.1, 0.15) is 50.6 Å². The highest BCUT2D eigenvalue weighted by molar-refractivity contribution is 5.76. The van der Waals surface area contributed by atoms with Gasteiger partial charge in [0.25, 0.3) is 5.56 Å². The van der Waals surface area contributed by atoms with Crippen molar-refractivity contribution in [3.63, 3.8) is 0 Å². The summed E-state index contributed by atoms with van der Waals surface area (Å²) in [7, 11) is 0. The van der Waals surface area contributed by atoms with Gasteiger partial charge in [-0.2, -0.15) is 4.98 Å². The van der Waals surface area contributed by atoms with Gasteiger partial charge in [-0.15, -0.1) is 0 Å². The van der Waals surface area contributed by atoms with Crippen LogP contribution in [-0.2, 0) is 6.42 Å². The minimum absolute atomic E-state index is 0.0813. The summed E-state index contributed by atoms with van der Waals surface area (Å²) in [5, 5.41) is 4.10. The number of fused-ring (bicyclic) bond motifs is 1. The predicted molar refractivity (Wildman–Crippen MR) is 123 cm³/mol. The Morgan fingerprint density at radius 3 is 2.68 bits per heavy atom. The zero-order valence-corrected chi connectivity index (χ0v) is 17.9. The minimum Gasteiger partial charge on any atom is -0.369 e. The first kappa shape index (κ1) is 19.9. The average molecular weight is 420 g/mol. The minimum atomic E-state index is 0.0813. The zero-order chi connectivity index (χ0) is 21.4. The lowest BCUT2D eigenvalue weighted by Gasteiger charge is -2.18. The van der Waals surface area contributed by atoms with Crippen LogP contribution in [0, 0.1) is 0 Å². The molecule has 162 valence electrons. The maximum Gasteiger partial charge on any atom is 0.255 e. The molecule has 8 nitrogen and oxygen atoms in total. The third-order valence-corrected chi connectivity index (χ3v) is 6.50. The van der Waals surface area contributed by atoms with Crippen LogP contribution < -0.4 is 21.5 Å². The lowest BCUT2D eigenvalue weighted by atomic mass is 10.1. The van der Waals surface area contributed by atoms with Crippen LogP contribution in [0.2, 0.25) is 0 Å². The lowest BCUT2D eigenvalue weighted by molar-refractivity contribution is 0.513. The summed E-state index contributed by atoms with van der Waals surface area (Å²) in [5.41, 5.74) is 8.69. The van der Waals surface area contributed by atoms with Crippen molar-refractivity contribution in [3.05, 3.63) is 46.5 Å². The number of nitrogens with one attached hydrogen (secondary N) is 1. The molecule has 3 aromatic heterocycles. The first-order chi connectivity index (χ1) is 15.1. The maximum absolute atomic E-state index is 13.1. The molecule has 3 aromatic rings. The molecular formula is C23H29N7O. The molecule has 1 atom stereocenters. The van der Waals surface area contributed by atoms with Crippen molar-refractivity contribution in [2.24, 2.45) is 5.73 Å². The highest BCUT2D eigenvalue weighted by Crippen LogP contribution is 2.31. The normalized spacial score (nSPS) is 19.4. The molecule has 1 unspecified atom stereocenters. The van der Waals surface area contributed by atoms with Crippen molar-refractivity contribution in [1.29, 1.82) is 0 Å². The predicted octanol–water partition coefficient (Wildman–Crippen LogP) is 3.15. The van der Waals surface area contributed by atoms with Crippen LogP contribution in [0.25, 0.3) is 11.0 Å². The Kier molecular flexibility index (Phi) is 5.31. The molecule has 1 saturated heterocycles. The first-order valence-electron chi connectivity index (χ1n) is 11.3. The Morgan fingerprint density at radius 2 is 2.00 bits per heavy atom. The third-order valence-electron chi connectivity index (χ3n) is 6.50. The molecule has 4 heterocycles. The van der Waals surface area contributed by atoms with Crippen LogP contribution in [0.4, 0.5) is 17.5 Å². The summed E-state index contributed by atoms with van der Waals surface area (Å²) in [4.78, 5) is 29.1. The second kappa shape index (κ2) is 8.26. The van der Waals surface area contributed by atoms with E-state index in [4.69, 9.17) is 10.7 Å². The van der Waals surface area contributed by atoms with Gasteiger partial charge < -0.3 is 16.0 Å². The number of pyridine rings is 2. The smallest absolute Gasteiger partial charge is 0.255 e. The van der Waals surface area contributed by atoms with Crippen molar-refractivity contribution < 1.29 is 0 Å². The SMILES string of the molecule is CCc1cc2cnc(Nc3ccc(N4CCC(N)C4)cn3)nc2n(C2CCCC2)c1=O. The van der Waals surface area contributed by atoms with Crippen molar-refractivity contribution in [2.75, 3.05) is 23.3 Å². The Labute approximate surface area is 181 Å². The Bertz CT molecular complexity index is 1140. The van der Waals surface area contributed by atoms with Crippen molar-refractivity contribution in [3.8, 4) is 0 Å². The van der Waals surface area contributed by atoms with Gasteiger partial charge in [0.05, 0.1) is 11.9 Å². The third kappa shape index (κ3) is 3.87. The Morgan fingerprint density at radius 1 is 1.16 bits per heavy atom. The van der Waals surface area contributed by atoms with Gasteiger partial charge in [0, 0.05) is 42.3 Å². The number of nitrogens with two attached hydrogens (primary N) is 1. The van der Waals surface area contributed by atoms with E-state index in [1.165, 1.54) is 0 Å². The van der Waals surface area contributed by atoms with Crippen molar-refractivity contribution in [2.45, 2.75) is 57.5 Å². The number of nitrogens with zero attached hydrogens (tertiary/aromatic N) is 5. The monoisotopic (exact) mass is 419 g/mol. The molecule has 1 aliphatic carbocycles. The average Bonchev–Trinajstić information content (AvgIpc) is 3.46. The number of rotatable bonds is 5. The van der Waals surface area contributed by atoms with E-state index in [9.17, 15) is 4.79 Å². The van der Waals surface area contributed by atoms with E-state index in [-0.39, 0.29) is 17.6 Å². The van der Waals surface area contributed by atoms with Crippen LogP contribution in [0.15, 0.2) is 35.4 Å². The van der Waals surface area contributed by atoms with Gasteiger partial charge in [0.2, 0.25) is 5.95 Å². The van der Waals surface area contributed by atoms with Gasteiger partial charge in [-0.25, -0.2) is 9.97 Å². The van der Waals surface area contributed by atoms with Crippen LogP contribution in [0.3, 0.4) is 0 Å². The Hall–Kier alpha value is -3.00. The summed E-state index contributed by atoms with van der Waals surface area (Å²) in [6, 6.07) is 6.34. The second-order valence-corrected chi connectivity index (χ2v) is 8.63. The van der Waals surface area contributed by atoms with E-state index < -0.39 is 0 Å². The molecule has 5 rings (SSSR count).